The first kappa shape index (κ1) is 25.8. The zero-order chi connectivity index (χ0) is 29.1. The van der Waals surface area contributed by atoms with E-state index in [0.29, 0.717) is 36.8 Å². The lowest BCUT2D eigenvalue weighted by atomic mass is 10.0. The van der Waals surface area contributed by atoms with Crippen LogP contribution in [0.3, 0.4) is 0 Å². The van der Waals surface area contributed by atoms with Crippen LogP contribution >= 0.6 is 0 Å². The third-order valence-electron chi connectivity index (χ3n) is 8.44. The number of hydrogen-bond donors (Lipinski definition) is 2. The molecule has 1 saturated carbocycles. The Kier molecular flexibility index (Phi) is 5.99. The lowest BCUT2D eigenvalue weighted by Crippen LogP contribution is -2.54. The van der Waals surface area contributed by atoms with E-state index < -0.39 is 35.6 Å². The number of imidazole rings is 1. The van der Waals surface area contributed by atoms with Crippen molar-refractivity contribution in [2.75, 3.05) is 11.9 Å². The number of imide groups is 2. The summed E-state index contributed by atoms with van der Waals surface area (Å²) in [5, 5.41) is 4.94. The molecule has 1 aromatic heterocycles. The second kappa shape index (κ2) is 9.75. The summed E-state index contributed by atoms with van der Waals surface area (Å²) in [6.07, 6.45) is 2.39. The molecule has 4 heterocycles. The SMILES string of the molecule is O=C1CCC(N2C(=O)c3ccc(NC(=O)c4cnc5n4CCN(C(=O)C4C[C@@H]4c4ccccc4)C5)cc3C2=O)C(=O)N1. The van der Waals surface area contributed by atoms with E-state index in [1.807, 2.05) is 18.2 Å². The molecule has 12 nitrogen and oxygen atoms in total. The summed E-state index contributed by atoms with van der Waals surface area (Å²) in [6, 6.07) is 13.3. The summed E-state index contributed by atoms with van der Waals surface area (Å²) in [6.45, 7) is 1.20. The molecule has 2 N–H and O–H groups in total. The predicted molar refractivity (Wildman–Crippen MR) is 146 cm³/mol. The van der Waals surface area contributed by atoms with Crippen molar-refractivity contribution in [3.63, 3.8) is 0 Å². The van der Waals surface area contributed by atoms with Crippen molar-refractivity contribution in [2.45, 2.75) is 44.3 Å². The molecular weight excluding hydrogens is 540 g/mol. The van der Waals surface area contributed by atoms with Crippen LogP contribution in [0, 0.1) is 5.92 Å². The number of piperidine rings is 1. The molecule has 42 heavy (non-hydrogen) atoms. The number of aromatic nitrogens is 2. The lowest BCUT2D eigenvalue weighted by Gasteiger charge is -2.28. The third kappa shape index (κ3) is 4.26. The number of carbonyl (C=O) groups excluding carboxylic acids is 6. The largest absolute Gasteiger partial charge is 0.333 e. The van der Waals surface area contributed by atoms with Gasteiger partial charge < -0.3 is 14.8 Å². The first-order chi connectivity index (χ1) is 20.3. The Bertz CT molecular complexity index is 1700. The smallest absolute Gasteiger partial charge is 0.273 e. The van der Waals surface area contributed by atoms with E-state index in [1.54, 1.807) is 9.47 Å². The van der Waals surface area contributed by atoms with Crippen molar-refractivity contribution >= 4 is 41.1 Å². The Hall–Kier alpha value is -5.13. The molecule has 0 radical (unpaired) electrons. The molecule has 12 heteroatoms. The molecule has 3 atom stereocenters. The minimum atomic E-state index is -1.07. The number of rotatable bonds is 5. The summed E-state index contributed by atoms with van der Waals surface area (Å²) in [5.41, 5.74) is 1.99. The summed E-state index contributed by atoms with van der Waals surface area (Å²) in [4.78, 5) is 83.3. The minimum absolute atomic E-state index is 0.0293. The molecule has 2 fully saturated rings. The van der Waals surface area contributed by atoms with E-state index in [2.05, 4.69) is 27.8 Å². The standard InChI is InChI=1S/C30H26N6O6/c37-25-9-8-22(26(38)33-25)36-29(41)18-7-6-17(12-20(18)30(36)42)32-27(39)23-14-31-24-15-34(10-11-35(23)24)28(40)21-13-19(21)16-4-2-1-3-5-16/h1-7,12,14,19,21-22H,8-11,13,15H2,(H,32,39)(H,33,37,38)/t19-,21?,22?/m1/s1. The summed E-state index contributed by atoms with van der Waals surface area (Å²) in [5.74, 6) is -1.92. The van der Waals surface area contributed by atoms with Crippen LogP contribution in [-0.2, 0) is 27.5 Å². The Morgan fingerprint density at radius 3 is 2.52 bits per heavy atom. The minimum Gasteiger partial charge on any atom is -0.333 e. The van der Waals surface area contributed by atoms with Crippen molar-refractivity contribution in [1.29, 1.82) is 0 Å². The Balaban J connectivity index is 1.02. The highest BCUT2D eigenvalue weighted by Gasteiger charge is 2.47. The van der Waals surface area contributed by atoms with Gasteiger partial charge in [0.15, 0.2) is 0 Å². The van der Waals surface area contributed by atoms with Gasteiger partial charge in [-0.05, 0) is 42.5 Å². The van der Waals surface area contributed by atoms with Crippen molar-refractivity contribution in [3.8, 4) is 0 Å². The third-order valence-corrected chi connectivity index (χ3v) is 8.44. The molecule has 3 aliphatic heterocycles. The highest BCUT2D eigenvalue weighted by Crippen LogP contribution is 2.48. The molecule has 4 aliphatic rings. The molecule has 3 aromatic rings. The van der Waals surface area contributed by atoms with E-state index in [0.717, 1.165) is 11.3 Å². The second-order valence-electron chi connectivity index (χ2n) is 11.0. The zero-order valence-corrected chi connectivity index (χ0v) is 22.4. The fourth-order valence-corrected chi connectivity index (χ4v) is 6.14. The second-order valence-corrected chi connectivity index (χ2v) is 11.0. The molecule has 1 saturated heterocycles. The lowest BCUT2D eigenvalue weighted by molar-refractivity contribution is -0.136. The van der Waals surface area contributed by atoms with Gasteiger partial charge in [0.05, 0.1) is 23.9 Å². The predicted octanol–water partition coefficient (Wildman–Crippen LogP) is 1.68. The van der Waals surface area contributed by atoms with Gasteiger partial charge in [-0.1, -0.05) is 30.3 Å². The van der Waals surface area contributed by atoms with Gasteiger partial charge in [-0.25, -0.2) is 4.98 Å². The van der Waals surface area contributed by atoms with Gasteiger partial charge in [-0.3, -0.25) is 39.0 Å². The normalized spacial score (nSPS) is 22.9. The number of carbonyl (C=O) groups is 6. The van der Waals surface area contributed by atoms with Gasteiger partial charge in [-0.15, -0.1) is 0 Å². The molecule has 7 rings (SSSR count). The quantitative estimate of drug-likeness (QED) is 0.446. The first-order valence-electron chi connectivity index (χ1n) is 13.9. The monoisotopic (exact) mass is 566 g/mol. The van der Waals surface area contributed by atoms with E-state index in [-0.39, 0.29) is 41.7 Å². The van der Waals surface area contributed by atoms with Gasteiger partial charge in [-0.2, -0.15) is 0 Å². The summed E-state index contributed by atoms with van der Waals surface area (Å²) in [7, 11) is 0. The Morgan fingerprint density at radius 1 is 0.952 bits per heavy atom. The zero-order valence-electron chi connectivity index (χ0n) is 22.4. The Morgan fingerprint density at radius 2 is 1.74 bits per heavy atom. The number of nitrogens with zero attached hydrogens (tertiary/aromatic N) is 4. The summed E-state index contributed by atoms with van der Waals surface area (Å²) >= 11 is 0. The number of amides is 6. The van der Waals surface area contributed by atoms with Crippen LogP contribution in [0.15, 0.2) is 54.7 Å². The highest BCUT2D eigenvalue weighted by molar-refractivity contribution is 6.24. The van der Waals surface area contributed by atoms with Gasteiger partial charge in [0, 0.05) is 31.1 Å². The van der Waals surface area contributed by atoms with Crippen molar-refractivity contribution in [1.82, 2.24) is 24.7 Å². The topological polar surface area (TPSA) is 151 Å². The number of benzene rings is 2. The van der Waals surface area contributed by atoms with Gasteiger partial charge in [0.25, 0.3) is 17.7 Å². The Labute approximate surface area is 239 Å². The highest BCUT2D eigenvalue weighted by atomic mass is 16.2. The number of anilines is 1. The maximum absolute atomic E-state index is 13.2. The molecule has 1 aliphatic carbocycles. The van der Waals surface area contributed by atoms with Crippen LogP contribution in [0.5, 0.6) is 0 Å². The van der Waals surface area contributed by atoms with E-state index in [1.165, 1.54) is 30.0 Å². The van der Waals surface area contributed by atoms with Crippen LogP contribution in [-0.4, -0.2) is 67.4 Å². The average molecular weight is 567 g/mol. The molecule has 2 aromatic carbocycles. The van der Waals surface area contributed by atoms with Crippen LogP contribution < -0.4 is 10.6 Å². The summed E-state index contributed by atoms with van der Waals surface area (Å²) < 4.78 is 1.79. The van der Waals surface area contributed by atoms with Crippen LogP contribution in [0.4, 0.5) is 5.69 Å². The maximum Gasteiger partial charge on any atom is 0.273 e. The number of hydrogen-bond acceptors (Lipinski definition) is 7. The molecule has 0 spiro atoms. The van der Waals surface area contributed by atoms with E-state index in [9.17, 15) is 28.8 Å². The molecule has 0 bridgehead atoms. The molecule has 2 unspecified atom stereocenters. The first-order valence-corrected chi connectivity index (χ1v) is 13.9. The van der Waals surface area contributed by atoms with Gasteiger partial charge >= 0.3 is 0 Å². The van der Waals surface area contributed by atoms with Gasteiger partial charge in [0.1, 0.15) is 17.6 Å². The van der Waals surface area contributed by atoms with Crippen LogP contribution in [0.2, 0.25) is 0 Å². The maximum atomic E-state index is 13.2. The number of fused-ring (bicyclic) bond motifs is 2. The fourth-order valence-electron chi connectivity index (χ4n) is 6.14. The van der Waals surface area contributed by atoms with Crippen molar-refractivity contribution in [3.05, 3.63) is 82.9 Å². The molecule has 6 amide bonds. The average Bonchev–Trinajstić information content (AvgIpc) is 3.62. The van der Waals surface area contributed by atoms with Crippen molar-refractivity contribution < 1.29 is 28.8 Å². The fraction of sp³-hybridized carbons (Fsp3) is 0.300. The van der Waals surface area contributed by atoms with Crippen molar-refractivity contribution in [2.24, 2.45) is 5.92 Å². The van der Waals surface area contributed by atoms with Crippen LogP contribution in [0.25, 0.3) is 0 Å². The molecular formula is C30H26N6O6. The van der Waals surface area contributed by atoms with Gasteiger partial charge in [0.2, 0.25) is 17.7 Å². The van der Waals surface area contributed by atoms with E-state index in [4.69, 9.17) is 0 Å². The molecule has 212 valence electrons. The van der Waals surface area contributed by atoms with E-state index >= 15 is 0 Å². The van der Waals surface area contributed by atoms with Crippen LogP contribution in [0.1, 0.15) is 67.8 Å². The number of nitrogens with one attached hydrogen (secondary N) is 2.